The van der Waals surface area contributed by atoms with E-state index in [9.17, 15) is 4.79 Å². The number of azide groups is 1. The van der Waals surface area contributed by atoms with Crippen LogP contribution >= 0.6 is 0 Å². The van der Waals surface area contributed by atoms with Crippen molar-refractivity contribution in [2.24, 2.45) is 11.0 Å². The van der Waals surface area contributed by atoms with Gasteiger partial charge in [-0.05, 0) is 32.2 Å². The number of carboxylic acids is 1. The van der Waals surface area contributed by atoms with Gasteiger partial charge in [-0.25, -0.2) is 0 Å². The van der Waals surface area contributed by atoms with Crippen LogP contribution in [0.1, 0.15) is 33.6 Å². The number of hydrogen-bond donors (Lipinski definition) is 1. The third kappa shape index (κ3) is 4.85. The van der Waals surface area contributed by atoms with Gasteiger partial charge in [0.1, 0.15) is 6.10 Å². The Balaban J connectivity index is 2.63. The highest BCUT2D eigenvalue weighted by Gasteiger charge is 2.39. The van der Waals surface area contributed by atoms with E-state index in [1.165, 1.54) is 0 Å². The summed E-state index contributed by atoms with van der Waals surface area (Å²) in [5.41, 5.74) is 8.36. The van der Waals surface area contributed by atoms with Crippen LogP contribution in [0.25, 0.3) is 10.4 Å². The summed E-state index contributed by atoms with van der Waals surface area (Å²) in [6.07, 6.45) is 3.93. The Morgan fingerprint density at radius 1 is 1.55 bits per heavy atom. The lowest BCUT2D eigenvalue weighted by molar-refractivity contribution is -0.142. The second kappa shape index (κ2) is 7.28. The first-order valence-corrected chi connectivity index (χ1v) is 6.65. The molecule has 1 aliphatic rings. The molecule has 1 fully saturated rings. The van der Waals surface area contributed by atoms with E-state index in [0.717, 1.165) is 0 Å². The predicted octanol–water partition coefficient (Wildman–Crippen LogP) is 2.87. The molecule has 0 aliphatic carbocycles. The highest BCUT2D eigenvalue weighted by Crippen LogP contribution is 2.29. The SMILES string of the molecule is CCC(C/C=C\[C@H]1OC(C)(C)O[C@H]1CN=[N+]=[N-])C(=O)O. The molecule has 0 spiro atoms. The van der Waals surface area contributed by atoms with Crippen molar-refractivity contribution in [3.63, 3.8) is 0 Å². The maximum absolute atomic E-state index is 10.9. The van der Waals surface area contributed by atoms with Gasteiger partial charge in [-0.3, -0.25) is 4.79 Å². The number of nitrogens with zero attached hydrogens (tertiary/aromatic N) is 3. The first kappa shape index (κ1) is 16.5. The molecule has 0 aromatic heterocycles. The lowest BCUT2D eigenvalue weighted by Gasteiger charge is -2.16. The van der Waals surface area contributed by atoms with E-state index in [2.05, 4.69) is 10.0 Å². The first-order chi connectivity index (χ1) is 9.39. The van der Waals surface area contributed by atoms with Crippen molar-refractivity contribution < 1.29 is 19.4 Å². The minimum atomic E-state index is -0.799. The van der Waals surface area contributed by atoms with E-state index in [4.69, 9.17) is 20.1 Å². The summed E-state index contributed by atoms with van der Waals surface area (Å²) in [5.74, 6) is -1.93. The van der Waals surface area contributed by atoms with Gasteiger partial charge in [0.2, 0.25) is 0 Å². The number of carbonyl (C=O) groups is 1. The number of rotatable bonds is 7. The number of hydrogen-bond acceptors (Lipinski definition) is 4. The summed E-state index contributed by atoms with van der Waals surface area (Å²) in [6.45, 7) is 5.60. The Bertz CT molecular complexity index is 416. The smallest absolute Gasteiger partial charge is 0.306 e. The molecule has 1 rings (SSSR count). The van der Waals surface area contributed by atoms with Crippen LogP contribution in [-0.2, 0) is 14.3 Å². The summed E-state index contributed by atoms with van der Waals surface area (Å²) >= 11 is 0. The van der Waals surface area contributed by atoms with Crippen molar-refractivity contribution in [2.75, 3.05) is 6.54 Å². The molecule has 7 nitrogen and oxygen atoms in total. The molecule has 0 saturated carbocycles. The molecule has 0 aromatic rings. The molecule has 0 aromatic carbocycles. The molecular weight excluding hydrogens is 262 g/mol. The van der Waals surface area contributed by atoms with Crippen LogP contribution in [0.5, 0.6) is 0 Å². The monoisotopic (exact) mass is 283 g/mol. The van der Waals surface area contributed by atoms with Crippen molar-refractivity contribution in [3.05, 3.63) is 22.6 Å². The molecule has 1 aliphatic heterocycles. The van der Waals surface area contributed by atoms with Crippen LogP contribution in [0.15, 0.2) is 17.3 Å². The van der Waals surface area contributed by atoms with Crippen LogP contribution in [0, 0.1) is 5.92 Å². The van der Waals surface area contributed by atoms with Gasteiger partial charge in [0, 0.05) is 4.91 Å². The zero-order valence-corrected chi connectivity index (χ0v) is 12.0. The van der Waals surface area contributed by atoms with Crippen LogP contribution in [0.3, 0.4) is 0 Å². The number of aliphatic carboxylic acids is 1. The van der Waals surface area contributed by atoms with E-state index < -0.39 is 17.7 Å². The number of allylic oxidation sites excluding steroid dienone is 1. The van der Waals surface area contributed by atoms with Gasteiger partial charge in [0.05, 0.1) is 18.6 Å². The second-order valence-corrected chi connectivity index (χ2v) is 5.16. The molecule has 0 amide bonds. The maximum Gasteiger partial charge on any atom is 0.306 e. The van der Waals surface area contributed by atoms with Gasteiger partial charge in [-0.2, -0.15) is 0 Å². The van der Waals surface area contributed by atoms with Gasteiger partial charge >= 0.3 is 5.97 Å². The van der Waals surface area contributed by atoms with Crippen molar-refractivity contribution in [3.8, 4) is 0 Å². The van der Waals surface area contributed by atoms with Crippen molar-refractivity contribution in [1.82, 2.24) is 0 Å². The highest BCUT2D eigenvalue weighted by molar-refractivity contribution is 5.70. The fourth-order valence-electron chi connectivity index (χ4n) is 2.10. The van der Waals surface area contributed by atoms with Crippen LogP contribution < -0.4 is 0 Å². The van der Waals surface area contributed by atoms with E-state index in [1.54, 1.807) is 26.0 Å². The summed E-state index contributed by atoms with van der Waals surface area (Å²) in [6, 6.07) is 0. The van der Waals surface area contributed by atoms with E-state index >= 15 is 0 Å². The zero-order valence-electron chi connectivity index (χ0n) is 12.0. The van der Waals surface area contributed by atoms with Crippen molar-refractivity contribution in [2.45, 2.75) is 51.6 Å². The molecule has 0 bridgehead atoms. The van der Waals surface area contributed by atoms with Gasteiger partial charge in [-0.15, -0.1) is 0 Å². The minimum Gasteiger partial charge on any atom is -0.481 e. The average Bonchev–Trinajstić information content (AvgIpc) is 2.66. The third-order valence-electron chi connectivity index (χ3n) is 3.13. The lowest BCUT2D eigenvalue weighted by Crippen LogP contribution is -2.24. The molecule has 1 N–H and O–H groups in total. The lowest BCUT2D eigenvalue weighted by atomic mass is 10.0. The molecule has 1 unspecified atom stereocenters. The zero-order chi connectivity index (χ0) is 15.2. The molecule has 1 heterocycles. The van der Waals surface area contributed by atoms with E-state index in [-0.39, 0.29) is 18.8 Å². The fraction of sp³-hybridized carbons (Fsp3) is 0.769. The molecular formula is C13H21N3O4. The highest BCUT2D eigenvalue weighted by atomic mass is 16.7. The van der Waals surface area contributed by atoms with Crippen molar-refractivity contribution in [1.29, 1.82) is 0 Å². The molecule has 3 atom stereocenters. The Hall–Kier alpha value is -1.56. The Morgan fingerprint density at radius 3 is 2.80 bits per heavy atom. The summed E-state index contributed by atoms with van der Waals surface area (Å²) < 4.78 is 11.3. The van der Waals surface area contributed by atoms with Crippen LogP contribution in [0.4, 0.5) is 0 Å². The van der Waals surface area contributed by atoms with Gasteiger partial charge < -0.3 is 14.6 Å². The predicted molar refractivity (Wildman–Crippen MR) is 73.0 cm³/mol. The van der Waals surface area contributed by atoms with Gasteiger partial charge in [0.25, 0.3) is 0 Å². The maximum atomic E-state index is 10.9. The standard InChI is InChI=1S/C13H21N3O4/c1-4-9(12(17)18)6-5-7-10-11(8-15-16-14)20-13(2,3)19-10/h5,7,9-11H,4,6,8H2,1-3H3,(H,17,18)/b7-5-/t9?,10-,11+/m1/s1. The van der Waals surface area contributed by atoms with Gasteiger partial charge in [0.15, 0.2) is 5.79 Å². The Kier molecular flexibility index (Phi) is 6.01. The fourth-order valence-corrected chi connectivity index (χ4v) is 2.10. The first-order valence-electron chi connectivity index (χ1n) is 6.65. The Labute approximate surface area is 118 Å². The van der Waals surface area contributed by atoms with E-state index in [1.807, 2.05) is 6.92 Å². The quantitative estimate of drug-likeness (QED) is 0.335. The molecule has 20 heavy (non-hydrogen) atoms. The average molecular weight is 283 g/mol. The number of ether oxygens (including phenoxy) is 2. The molecule has 112 valence electrons. The summed E-state index contributed by atoms with van der Waals surface area (Å²) in [5, 5.41) is 12.5. The molecule has 1 saturated heterocycles. The van der Waals surface area contributed by atoms with Crippen molar-refractivity contribution >= 4 is 5.97 Å². The third-order valence-corrected chi connectivity index (χ3v) is 3.13. The molecule has 7 heteroatoms. The van der Waals surface area contributed by atoms with Gasteiger partial charge in [-0.1, -0.05) is 24.2 Å². The summed E-state index contributed by atoms with van der Waals surface area (Å²) in [7, 11) is 0. The largest absolute Gasteiger partial charge is 0.481 e. The normalized spacial score (nSPS) is 26.4. The minimum absolute atomic E-state index is 0.186. The summed E-state index contributed by atoms with van der Waals surface area (Å²) in [4.78, 5) is 13.6. The molecule has 0 radical (unpaired) electrons. The second-order valence-electron chi connectivity index (χ2n) is 5.16. The Morgan fingerprint density at radius 2 is 2.25 bits per heavy atom. The number of carboxylic acid groups (broad SMARTS) is 1. The van der Waals surface area contributed by atoms with Crippen LogP contribution in [-0.4, -0.2) is 35.6 Å². The topological polar surface area (TPSA) is 105 Å². The van der Waals surface area contributed by atoms with E-state index in [0.29, 0.717) is 12.8 Å². The van der Waals surface area contributed by atoms with Crippen LogP contribution in [0.2, 0.25) is 0 Å².